The standard InChI is InChI=1S/C18H24ClN5/c1-24-16(9-12-7-8-12)14(10-21-24)17-15(19)11-20-18(23-17)22-13-5-3-2-4-6-13/h10-13H,2-9H2,1H3,(H,20,22,23). The van der Waals surface area contributed by atoms with Crippen molar-refractivity contribution in [1.29, 1.82) is 0 Å². The van der Waals surface area contributed by atoms with Crippen LogP contribution in [0.15, 0.2) is 12.4 Å². The van der Waals surface area contributed by atoms with Gasteiger partial charge in [0.25, 0.3) is 0 Å². The number of hydrogen-bond donors (Lipinski definition) is 1. The highest BCUT2D eigenvalue weighted by Gasteiger charge is 2.26. The minimum Gasteiger partial charge on any atom is -0.351 e. The number of nitrogens with zero attached hydrogens (tertiary/aromatic N) is 4. The van der Waals surface area contributed by atoms with Gasteiger partial charge in [0.2, 0.25) is 5.95 Å². The van der Waals surface area contributed by atoms with E-state index in [4.69, 9.17) is 16.6 Å². The van der Waals surface area contributed by atoms with Crippen LogP contribution in [0.25, 0.3) is 11.3 Å². The average molecular weight is 346 g/mol. The van der Waals surface area contributed by atoms with Crippen LogP contribution in [0, 0.1) is 5.92 Å². The highest BCUT2D eigenvalue weighted by molar-refractivity contribution is 6.32. The molecule has 24 heavy (non-hydrogen) atoms. The van der Waals surface area contributed by atoms with Gasteiger partial charge in [0.05, 0.1) is 23.1 Å². The van der Waals surface area contributed by atoms with Gasteiger partial charge in [-0.15, -0.1) is 0 Å². The maximum absolute atomic E-state index is 6.42. The molecule has 0 aromatic carbocycles. The number of aryl methyl sites for hydroxylation is 1. The second kappa shape index (κ2) is 6.71. The summed E-state index contributed by atoms with van der Waals surface area (Å²) < 4.78 is 1.96. The van der Waals surface area contributed by atoms with Crippen LogP contribution in [0.2, 0.25) is 5.02 Å². The lowest BCUT2D eigenvalue weighted by atomic mass is 9.96. The molecule has 0 unspecified atom stereocenters. The van der Waals surface area contributed by atoms with Crippen molar-refractivity contribution in [3.8, 4) is 11.3 Å². The molecule has 0 saturated heterocycles. The van der Waals surface area contributed by atoms with Gasteiger partial charge in [-0.1, -0.05) is 30.9 Å². The van der Waals surface area contributed by atoms with Crippen molar-refractivity contribution in [1.82, 2.24) is 19.7 Å². The minimum absolute atomic E-state index is 0.479. The third-order valence-electron chi connectivity index (χ3n) is 5.18. The van der Waals surface area contributed by atoms with Crippen molar-refractivity contribution >= 4 is 17.5 Å². The van der Waals surface area contributed by atoms with E-state index in [1.54, 1.807) is 6.20 Å². The molecule has 2 aromatic rings. The summed E-state index contributed by atoms with van der Waals surface area (Å²) in [4.78, 5) is 9.12. The van der Waals surface area contributed by atoms with E-state index in [1.807, 2.05) is 17.9 Å². The monoisotopic (exact) mass is 345 g/mol. The molecule has 5 nitrogen and oxygen atoms in total. The Bertz CT molecular complexity index is 716. The zero-order valence-corrected chi connectivity index (χ0v) is 14.9. The molecule has 2 fully saturated rings. The van der Waals surface area contributed by atoms with E-state index in [9.17, 15) is 0 Å². The van der Waals surface area contributed by atoms with Crippen molar-refractivity contribution in [3.63, 3.8) is 0 Å². The average Bonchev–Trinajstić information content (AvgIpc) is 3.34. The molecule has 2 aliphatic rings. The summed E-state index contributed by atoms with van der Waals surface area (Å²) in [6.45, 7) is 0. The van der Waals surface area contributed by atoms with Crippen LogP contribution < -0.4 is 5.32 Å². The molecule has 1 N–H and O–H groups in total. The second-order valence-corrected chi connectivity index (χ2v) is 7.55. The first kappa shape index (κ1) is 15.9. The molecule has 0 spiro atoms. The van der Waals surface area contributed by atoms with E-state index in [1.165, 1.54) is 50.6 Å². The van der Waals surface area contributed by atoms with Crippen LogP contribution in [0.1, 0.15) is 50.6 Å². The van der Waals surface area contributed by atoms with Crippen LogP contribution in [-0.2, 0) is 13.5 Å². The molecular weight excluding hydrogens is 322 g/mol. The Kier molecular flexibility index (Phi) is 4.44. The summed E-state index contributed by atoms with van der Waals surface area (Å²) in [6.07, 6.45) is 13.6. The summed E-state index contributed by atoms with van der Waals surface area (Å²) >= 11 is 6.42. The number of rotatable bonds is 5. The van der Waals surface area contributed by atoms with Gasteiger partial charge >= 0.3 is 0 Å². The molecular formula is C18H24ClN5. The van der Waals surface area contributed by atoms with Crippen LogP contribution in [0.3, 0.4) is 0 Å². The van der Waals surface area contributed by atoms with Crippen molar-refractivity contribution in [2.75, 3.05) is 5.32 Å². The van der Waals surface area contributed by atoms with Gasteiger partial charge in [-0.3, -0.25) is 4.68 Å². The molecule has 0 aliphatic heterocycles. The first-order valence-corrected chi connectivity index (χ1v) is 9.39. The maximum atomic E-state index is 6.42. The molecule has 128 valence electrons. The molecule has 2 saturated carbocycles. The van der Waals surface area contributed by atoms with E-state index < -0.39 is 0 Å². The zero-order valence-electron chi connectivity index (χ0n) is 14.1. The van der Waals surface area contributed by atoms with Gasteiger partial charge in [0, 0.05) is 24.3 Å². The number of hydrogen-bond acceptors (Lipinski definition) is 4. The molecule has 0 bridgehead atoms. The fraction of sp³-hybridized carbons (Fsp3) is 0.611. The lowest BCUT2D eigenvalue weighted by Crippen LogP contribution is -2.23. The largest absolute Gasteiger partial charge is 0.351 e. The Labute approximate surface area is 147 Å². The fourth-order valence-electron chi connectivity index (χ4n) is 3.55. The molecule has 0 atom stereocenters. The normalized spacial score (nSPS) is 18.8. The number of nitrogens with one attached hydrogen (secondary N) is 1. The number of halogens is 1. The highest BCUT2D eigenvalue weighted by Crippen LogP contribution is 2.37. The summed E-state index contributed by atoms with van der Waals surface area (Å²) in [5.74, 6) is 1.47. The van der Waals surface area contributed by atoms with Crippen LogP contribution >= 0.6 is 11.6 Å². The first-order chi connectivity index (χ1) is 11.7. The van der Waals surface area contributed by atoms with E-state index in [0.717, 1.165) is 23.6 Å². The lowest BCUT2D eigenvalue weighted by Gasteiger charge is -2.22. The molecule has 0 radical (unpaired) electrons. The van der Waals surface area contributed by atoms with Gasteiger partial charge < -0.3 is 5.32 Å². The third-order valence-corrected chi connectivity index (χ3v) is 5.45. The molecule has 6 heteroatoms. The smallest absolute Gasteiger partial charge is 0.223 e. The predicted molar refractivity (Wildman–Crippen MR) is 96.2 cm³/mol. The Hall–Kier alpha value is -1.62. The van der Waals surface area contributed by atoms with Gasteiger partial charge in [-0.05, 0) is 38.0 Å². The Morgan fingerprint density at radius 1 is 1.17 bits per heavy atom. The van der Waals surface area contributed by atoms with Crippen LogP contribution in [-0.4, -0.2) is 25.8 Å². The van der Waals surface area contributed by atoms with Gasteiger partial charge in [0.1, 0.15) is 0 Å². The van der Waals surface area contributed by atoms with E-state index in [0.29, 0.717) is 17.0 Å². The summed E-state index contributed by atoms with van der Waals surface area (Å²) in [5.41, 5.74) is 3.07. The Morgan fingerprint density at radius 2 is 1.96 bits per heavy atom. The van der Waals surface area contributed by atoms with Gasteiger partial charge in [0.15, 0.2) is 0 Å². The molecule has 4 rings (SSSR count). The summed E-state index contributed by atoms with van der Waals surface area (Å²) in [7, 11) is 2.00. The number of anilines is 1. The summed E-state index contributed by atoms with van der Waals surface area (Å²) in [6, 6.07) is 0.479. The number of aromatic nitrogens is 4. The topological polar surface area (TPSA) is 55.6 Å². The summed E-state index contributed by atoms with van der Waals surface area (Å²) in [5, 5.41) is 8.52. The second-order valence-electron chi connectivity index (χ2n) is 7.15. The molecule has 2 aromatic heterocycles. The van der Waals surface area contributed by atoms with E-state index >= 15 is 0 Å². The fourth-order valence-corrected chi connectivity index (χ4v) is 3.75. The van der Waals surface area contributed by atoms with Crippen LogP contribution in [0.4, 0.5) is 5.95 Å². The van der Waals surface area contributed by atoms with Crippen molar-refractivity contribution in [2.45, 2.75) is 57.4 Å². The van der Waals surface area contributed by atoms with E-state index in [2.05, 4.69) is 15.4 Å². The minimum atomic E-state index is 0.479. The van der Waals surface area contributed by atoms with E-state index in [-0.39, 0.29) is 0 Å². The quantitative estimate of drug-likeness (QED) is 0.881. The van der Waals surface area contributed by atoms with Crippen molar-refractivity contribution < 1.29 is 0 Å². The third kappa shape index (κ3) is 3.41. The SMILES string of the molecule is Cn1ncc(-c2nc(NC3CCCCC3)ncc2Cl)c1CC1CC1. The lowest BCUT2D eigenvalue weighted by molar-refractivity contribution is 0.461. The maximum Gasteiger partial charge on any atom is 0.223 e. The Balaban J connectivity index is 1.61. The van der Waals surface area contributed by atoms with Gasteiger partial charge in [-0.25, -0.2) is 9.97 Å². The molecule has 2 heterocycles. The van der Waals surface area contributed by atoms with Crippen molar-refractivity contribution in [3.05, 3.63) is 23.1 Å². The predicted octanol–water partition coefficient (Wildman–Crippen LogP) is 4.23. The Morgan fingerprint density at radius 3 is 2.71 bits per heavy atom. The highest BCUT2D eigenvalue weighted by atomic mass is 35.5. The molecule has 2 aliphatic carbocycles. The molecule has 0 amide bonds. The van der Waals surface area contributed by atoms with Gasteiger partial charge in [-0.2, -0.15) is 5.10 Å². The van der Waals surface area contributed by atoms with Crippen molar-refractivity contribution in [2.24, 2.45) is 13.0 Å². The first-order valence-electron chi connectivity index (χ1n) is 9.01. The zero-order chi connectivity index (χ0) is 16.5. The van der Waals surface area contributed by atoms with Crippen LogP contribution in [0.5, 0.6) is 0 Å².